The standard InChI is InChI=1S/C25H35N3O2/c1-17-6-9-22(25(30)28-15-10-18-4-2-3-5-21(18)16-28)23(26-17)19-11-13-27(14-12-19)24(29)20-7-8-20/h6,9,18-21H,2-5,7-8,10-16H2,1H3. The van der Waals surface area contributed by atoms with E-state index in [1.165, 1.54) is 25.7 Å². The molecule has 5 heteroatoms. The summed E-state index contributed by atoms with van der Waals surface area (Å²) in [7, 11) is 0. The zero-order valence-electron chi connectivity index (χ0n) is 18.3. The third-order valence-corrected chi connectivity index (χ3v) is 7.99. The van der Waals surface area contributed by atoms with Crippen LogP contribution < -0.4 is 0 Å². The van der Waals surface area contributed by atoms with Gasteiger partial charge in [-0.1, -0.05) is 19.3 Å². The number of nitrogens with zero attached hydrogens (tertiary/aromatic N) is 3. The van der Waals surface area contributed by atoms with E-state index in [2.05, 4.69) is 4.90 Å². The van der Waals surface area contributed by atoms with E-state index >= 15 is 0 Å². The van der Waals surface area contributed by atoms with Crippen LogP contribution in [0.1, 0.15) is 85.5 Å². The van der Waals surface area contributed by atoms with Crippen LogP contribution in [-0.4, -0.2) is 52.8 Å². The van der Waals surface area contributed by atoms with Gasteiger partial charge in [-0.25, -0.2) is 0 Å². The van der Waals surface area contributed by atoms with E-state index in [4.69, 9.17) is 4.98 Å². The molecule has 0 spiro atoms. The number of aryl methyl sites for hydroxylation is 1. The van der Waals surface area contributed by atoms with Crippen molar-refractivity contribution in [3.8, 4) is 0 Å². The van der Waals surface area contributed by atoms with Crippen LogP contribution in [0.5, 0.6) is 0 Å². The predicted molar refractivity (Wildman–Crippen MR) is 116 cm³/mol. The van der Waals surface area contributed by atoms with Gasteiger partial charge >= 0.3 is 0 Å². The quantitative estimate of drug-likeness (QED) is 0.753. The Morgan fingerprint density at radius 3 is 2.30 bits per heavy atom. The fraction of sp³-hybridized carbons (Fsp3) is 0.720. The molecule has 4 fully saturated rings. The molecule has 162 valence electrons. The second kappa shape index (κ2) is 8.32. The fourth-order valence-corrected chi connectivity index (χ4v) is 5.99. The number of pyridine rings is 1. The van der Waals surface area contributed by atoms with Crippen molar-refractivity contribution < 1.29 is 9.59 Å². The van der Waals surface area contributed by atoms with Crippen molar-refractivity contribution in [1.29, 1.82) is 0 Å². The zero-order valence-corrected chi connectivity index (χ0v) is 18.3. The van der Waals surface area contributed by atoms with Crippen molar-refractivity contribution >= 4 is 11.8 Å². The Morgan fingerprint density at radius 1 is 0.867 bits per heavy atom. The van der Waals surface area contributed by atoms with E-state index in [9.17, 15) is 9.59 Å². The van der Waals surface area contributed by atoms with Crippen molar-refractivity contribution in [1.82, 2.24) is 14.8 Å². The Balaban J connectivity index is 1.30. The highest BCUT2D eigenvalue weighted by Gasteiger charge is 2.37. The molecule has 1 aromatic heterocycles. The smallest absolute Gasteiger partial charge is 0.255 e. The van der Waals surface area contributed by atoms with Crippen molar-refractivity contribution in [3.63, 3.8) is 0 Å². The number of hydrogen-bond acceptors (Lipinski definition) is 3. The van der Waals surface area contributed by atoms with Gasteiger partial charge in [0.2, 0.25) is 5.91 Å². The number of carbonyl (C=O) groups is 2. The summed E-state index contributed by atoms with van der Waals surface area (Å²) in [5.74, 6) is 2.61. The molecule has 4 aliphatic rings. The molecule has 2 saturated carbocycles. The number of aromatic nitrogens is 1. The topological polar surface area (TPSA) is 53.5 Å². The number of hydrogen-bond donors (Lipinski definition) is 0. The van der Waals surface area contributed by atoms with Crippen molar-refractivity contribution in [2.24, 2.45) is 17.8 Å². The highest BCUT2D eigenvalue weighted by molar-refractivity contribution is 5.95. The maximum absolute atomic E-state index is 13.5. The lowest BCUT2D eigenvalue weighted by molar-refractivity contribution is -0.133. The Kier molecular flexibility index (Phi) is 5.55. The van der Waals surface area contributed by atoms with Crippen LogP contribution in [0.4, 0.5) is 0 Å². The molecule has 2 saturated heterocycles. The largest absolute Gasteiger partial charge is 0.342 e. The van der Waals surface area contributed by atoms with Crippen LogP contribution in [0.2, 0.25) is 0 Å². The van der Waals surface area contributed by atoms with Gasteiger partial charge in [0.25, 0.3) is 5.91 Å². The molecule has 2 aliphatic carbocycles. The number of piperidine rings is 2. The maximum Gasteiger partial charge on any atom is 0.255 e. The first-order valence-electron chi connectivity index (χ1n) is 12.2. The van der Waals surface area contributed by atoms with Gasteiger partial charge in [0, 0.05) is 43.7 Å². The van der Waals surface area contributed by atoms with E-state index in [0.29, 0.717) is 17.7 Å². The molecule has 2 atom stereocenters. The average Bonchev–Trinajstić information content (AvgIpc) is 3.63. The van der Waals surface area contributed by atoms with Crippen LogP contribution in [0, 0.1) is 24.7 Å². The summed E-state index contributed by atoms with van der Waals surface area (Å²) in [6.45, 7) is 5.43. The first kappa shape index (κ1) is 20.0. The summed E-state index contributed by atoms with van der Waals surface area (Å²) in [6, 6.07) is 3.99. The number of carbonyl (C=O) groups excluding carboxylic acids is 2. The lowest BCUT2D eigenvalue weighted by Gasteiger charge is -2.41. The zero-order chi connectivity index (χ0) is 20.7. The van der Waals surface area contributed by atoms with Gasteiger partial charge in [-0.05, 0) is 69.4 Å². The van der Waals surface area contributed by atoms with E-state index < -0.39 is 0 Å². The maximum atomic E-state index is 13.5. The van der Waals surface area contributed by atoms with Gasteiger partial charge in [-0.15, -0.1) is 0 Å². The molecular weight excluding hydrogens is 374 g/mol. The Bertz CT molecular complexity index is 811. The summed E-state index contributed by atoms with van der Waals surface area (Å²) in [5, 5.41) is 0. The second-order valence-electron chi connectivity index (χ2n) is 10.1. The summed E-state index contributed by atoms with van der Waals surface area (Å²) >= 11 is 0. The van der Waals surface area contributed by atoms with Crippen molar-refractivity contribution in [3.05, 3.63) is 29.1 Å². The minimum absolute atomic E-state index is 0.179. The molecule has 5 nitrogen and oxygen atoms in total. The lowest BCUT2D eigenvalue weighted by Crippen LogP contribution is -2.45. The fourth-order valence-electron chi connectivity index (χ4n) is 5.99. The summed E-state index contributed by atoms with van der Waals surface area (Å²) in [5.41, 5.74) is 2.76. The predicted octanol–water partition coefficient (Wildman–Crippen LogP) is 4.16. The van der Waals surface area contributed by atoms with Crippen molar-refractivity contribution in [2.75, 3.05) is 26.2 Å². The molecule has 5 rings (SSSR count). The van der Waals surface area contributed by atoms with E-state index in [1.807, 2.05) is 24.0 Å². The monoisotopic (exact) mass is 409 g/mol. The van der Waals surface area contributed by atoms with Crippen LogP contribution >= 0.6 is 0 Å². The van der Waals surface area contributed by atoms with Gasteiger partial charge in [-0.2, -0.15) is 0 Å². The molecule has 0 bridgehead atoms. The van der Waals surface area contributed by atoms with E-state index in [0.717, 1.165) is 81.2 Å². The number of fused-ring (bicyclic) bond motifs is 1. The van der Waals surface area contributed by atoms with E-state index in [1.54, 1.807) is 0 Å². The Morgan fingerprint density at radius 2 is 1.57 bits per heavy atom. The molecule has 0 aromatic carbocycles. The first-order chi connectivity index (χ1) is 14.6. The highest BCUT2D eigenvalue weighted by atomic mass is 16.2. The molecule has 30 heavy (non-hydrogen) atoms. The van der Waals surface area contributed by atoms with Crippen LogP contribution in [-0.2, 0) is 4.79 Å². The summed E-state index contributed by atoms with van der Waals surface area (Å²) in [4.78, 5) is 35.0. The Labute approximate surface area is 180 Å². The van der Waals surface area contributed by atoms with Gasteiger partial charge in [0.1, 0.15) is 0 Å². The van der Waals surface area contributed by atoms with E-state index in [-0.39, 0.29) is 11.8 Å². The molecule has 2 amide bonds. The minimum Gasteiger partial charge on any atom is -0.342 e. The molecular formula is C25H35N3O2. The number of likely N-dealkylation sites (tertiary alicyclic amines) is 2. The van der Waals surface area contributed by atoms with Gasteiger partial charge < -0.3 is 9.80 Å². The average molecular weight is 410 g/mol. The third kappa shape index (κ3) is 4.00. The number of amides is 2. The molecule has 3 heterocycles. The molecule has 0 N–H and O–H groups in total. The lowest BCUT2D eigenvalue weighted by atomic mass is 9.75. The number of rotatable bonds is 3. The molecule has 0 radical (unpaired) electrons. The minimum atomic E-state index is 0.179. The SMILES string of the molecule is Cc1ccc(C(=O)N2CCC3CCCCC3C2)c(C2CCN(C(=O)C3CC3)CC2)n1. The van der Waals surface area contributed by atoms with Gasteiger partial charge in [0.05, 0.1) is 11.3 Å². The highest BCUT2D eigenvalue weighted by Crippen LogP contribution is 2.38. The van der Waals surface area contributed by atoms with Crippen molar-refractivity contribution in [2.45, 2.75) is 70.6 Å². The van der Waals surface area contributed by atoms with Crippen LogP contribution in [0.15, 0.2) is 12.1 Å². The second-order valence-corrected chi connectivity index (χ2v) is 10.1. The molecule has 2 unspecified atom stereocenters. The van der Waals surface area contributed by atoms with Gasteiger partial charge in [0.15, 0.2) is 0 Å². The first-order valence-corrected chi connectivity index (χ1v) is 12.2. The van der Waals surface area contributed by atoms with Gasteiger partial charge in [-0.3, -0.25) is 14.6 Å². The molecule has 2 aliphatic heterocycles. The van der Waals surface area contributed by atoms with Crippen LogP contribution in [0.3, 0.4) is 0 Å². The molecule has 1 aromatic rings. The van der Waals surface area contributed by atoms with Crippen LogP contribution in [0.25, 0.3) is 0 Å². The Hall–Kier alpha value is -1.91. The third-order valence-electron chi connectivity index (χ3n) is 7.99. The summed E-state index contributed by atoms with van der Waals surface area (Å²) in [6.07, 6.45) is 10.4. The normalized spacial score (nSPS) is 27.6. The summed E-state index contributed by atoms with van der Waals surface area (Å²) < 4.78 is 0.